The van der Waals surface area contributed by atoms with Crippen molar-refractivity contribution < 1.29 is 8.42 Å². The van der Waals surface area contributed by atoms with E-state index in [4.69, 9.17) is 5.73 Å². The molecule has 0 fully saturated rings. The van der Waals surface area contributed by atoms with Gasteiger partial charge in [0.25, 0.3) is 0 Å². The summed E-state index contributed by atoms with van der Waals surface area (Å²) in [4.78, 5) is 0.225. The van der Waals surface area contributed by atoms with Crippen molar-refractivity contribution in [3.05, 3.63) is 22.7 Å². The molecule has 1 aromatic rings. The van der Waals surface area contributed by atoms with Gasteiger partial charge in [0.1, 0.15) is 0 Å². The highest BCUT2D eigenvalue weighted by Crippen LogP contribution is 2.23. The fourth-order valence-corrected chi connectivity index (χ4v) is 3.66. The molecule has 1 unspecified atom stereocenters. The molecule has 0 spiro atoms. The maximum atomic E-state index is 12.2. The Balaban J connectivity index is 3.02. The first-order valence-corrected chi connectivity index (χ1v) is 8.13. The molecule has 0 aliphatic rings. The first-order chi connectivity index (χ1) is 8.27. The minimum Gasteiger partial charge on any atom is -0.398 e. The Morgan fingerprint density at radius 1 is 1.39 bits per heavy atom. The van der Waals surface area contributed by atoms with Gasteiger partial charge in [0.2, 0.25) is 10.0 Å². The van der Waals surface area contributed by atoms with Gasteiger partial charge in [-0.3, -0.25) is 0 Å². The van der Waals surface area contributed by atoms with Crippen LogP contribution >= 0.6 is 15.9 Å². The molecule has 0 aliphatic carbocycles. The van der Waals surface area contributed by atoms with E-state index in [0.717, 1.165) is 6.42 Å². The molecular weight excluding hydrogens is 316 g/mol. The molecule has 0 amide bonds. The highest BCUT2D eigenvalue weighted by molar-refractivity contribution is 9.10. The summed E-state index contributed by atoms with van der Waals surface area (Å²) in [7, 11) is -3.49. The molecule has 1 aromatic carbocycles. The Morgan fingerprint density at radius 2 is 2.00 bits per heavy atom. The van der Waals surface area contributed by atoms with Crippen molar-refractivity contribution in [2.24, 2.45) is 5.92 Å². The van der Waals surface area contributed by atoms with Crippen LogP contribution < -0.4 is 10.5 Å². The van der Waals surface area contributed by atoms with Crippen LogP contribution in [0.2, 0.25) is 0 Å². The normalized spacial score (nSPS) is 13.8. The number of hydrogen-bond donors (Lipinski definition) is 2. The topological polar surface area (TPSA) is 72.2 Å². The first-order valence-electron chi connectivity index (χ1n) is 5.85. The predicted molar refractivity (Wildman–Crippen MR) is 77.8 cm³/mol. The summed E-state index contributed by atoms with van der Waals surface area (Å²) in [6.45, 7) is 5.96. The molecular formula is C12H19BrN2O2S. The summed E-state index contributed by atoms with van der Waals surface area (Å²) in [5, 5.41) is 0. The van der Waals surface area contributed by atoms with E-state index in [1.165, 1.54) is 12.1 Å². The summed E-state index contributed by atoms with van der Waals surface area (Å²) < 4.78 is 27.7. The number of nitrogens with two attached hydrogens (primary N) is 1. The van der Waals surface area contributed by atoms with Crippen LogP contribution in [0.3, 0.4) is 0 Å². The number of anilines is 1. The lowest BCUT2D eigenvalue weighted by Crippen LogP contribution is -2.37. The number of nitrogen functional groups attached to an aromatic ring is 1. The van der Waals surface area contributed by atoms with Crippen LogP contribution in [0.1, 0.15) is 27.2 Å². The Morgan fingerprint density at radius 3 is 2.44 bits per heavy atom. The summed E-state index contributed by atoms with van der Waals surface area (Å²) in [6.07, 6.45) is 0.757. The van der Waals surface area contributed by atoms with Crippen molar-refractivity contribution in [3.8, 4) is 0 Å². The number of sulfonamides is 1. The minimum absolute atomic E-state index is 0.0636. The molecule has 3 N–H and O–H groups in total. The van der Waals surface area contributed by atoms with Crippen molar-refractivity contribution in [2.45, 2.75) is 38.1 Å². The smallest absolute Gasteiger partial charge is 0.240 e. The predicted octanol–water partition coefficient (Wildman–Crippen LogP) is 2.74. The average molecular weight is 335 g/mol. The number of hydrogen-bond acceptors (Lipinski definition) is 3. The van der Waals surface area contributed by atoms with Gasteiger partial charge in [0.05, 0.1) is 4.90 Å². The lowest BCUT2D eigenvalue weighted by Gasteiger charge is -2.20. The van der Waals surface area contributed by atoms with Gasteiger partial charge in [-0.15, -0.1) is 0 Å². The molecule has 102 valence electrons. The van der Waals surface area contributed by atoms with Gasteiger partial charge >= 0.3 is 0 Å². The maximum Gasteiger partial charge on any atom is 0.240 e. The zero-order valence-corrected chi connectivity index (χ0v) is 13.2. The van der Waals surface area contributed by atoms with Crippen molar-refractivity contribution in [1.29, 1.82) is 0 Å². The van der Waals surface area contributed by atoms with Gasteiger partial charge in [-0.1, -0.05) is 20.8 Å². The summed E-state index contributed by atoms with van der Waals surface area (Å²) in [6, 6.07) is 4.54. The third kappa shape index (κ3) is 3.70. The van der Waals surface area contributed by atoms with Crippen LogP contribution in [-0.4, -0.2) is 14.5 Å². The Bertz CT molecular complexity index is 515. The van der Waals surface area contributed by atoms with E-state index >= 15 is 0 Å². The summed E-state index contributed by atoms with van der Waals surface area (Å²) >= 11 is 3.23. The molecule has 0 bridgehead atoms. The lowest BCUT2D eigenvalue weighted by atomic mass is 10.0. The van der Waals surface area contributed by atoms with Gasteiger partial charge in [0, 0.05) is 16.2 Å². The number of halogens is 1. The zero-order chi connectivity index (χ0) is 13.9. The van der Waals surface area contributed by atoms with E-state index in [-0.39, 0.29) is 16.9 Å². The van der Waals surface area contributed by atoms with Crippen molar-refractivity contribution in [3.63, 3.8) is 0 Å². The van der Waals surface area contributed by atoms with Crippen LogP contribution in [0, 0.1) is 5.92 Å². The Hall–Kier alpha value is -0.590. The van der Waals surface area contributed by atoms with E-state index in [1.807, 2.05) is 20.8 Å². The van der Waals surface area contributed by atoms with Gasteiger partial charge in [-0.05, 0) is 46.5 Å². The Labute approximate surface area is 117 Å². The highest BCUT2D eigenvalue weighted by Gasteiger charge is 2.21. The quantitative estimate of drug-likeness (QED) is 0.813. The summed E-state index contributed by atoms with van der Waals surface area (Å²) in [5.41, 5.74) is 6.16. The first kappa shape index (κ1) is 15.5. The second kappa shape index (κ2) is 6.04. The number of benzene rings is 1. The van der Waals surface area contributed by atoms with Crippen molar-refractivity contribution in [1.82, 2.24) is 4.72 Å². The number of rotatable bonds is 5. The van der Waals surface area contributed by atoms with Gasteiger partial charge in [-0.2, -0.15) is 0 Å². The second-order valence-corrected chi connectivity index (χ2v) is 7.13. The second-order valence-electron chi connectivity index (χ2n) is 4.56. The van der Waals surface area contributed by atoms with Gasteiger partial charge in [-0.25, -0.2) is 13.1 Å². The molecule has 1 atom stereocenters. The monoisotopic (exact) mass is 334 g/mol. The van der Waals surface area contributed by atoms with Crippen LogP contribution in [0.5, 0.6) is 0 Å². The van der Waals surface area contributed by atoms with E-state index in [9.17, 15) is 8.42 Å². The van der Waals surface area contributed by atoms with Crippen LogP contribution in [0.25, 0.3) is 0 Å². The maximum absolute atomic E-state index is 12.2. The molecule has 0 aromatic heterocycles. The van der Waals surface area contributed by atoms with E-state index in [0.29, 0.717) is 10.2 Å². The molecule has 6 heteroatoms. The van der Waals surface area contributed by atoms with Crippen molar-refractivity contribution in [2.75, 3.05) is 5.73 Å². The SMILES string of the molecule is CCC(NS(=O)(=O)c1ccc(N)c(Br)c1)C(C)C. The number of nitrogens with one attached hydrogen (secondary N) is 1. The molecule has 18 heavy (non-hydrogen) atoms. The van der Waals surface area contributed by atoms with Crippen LogP contribution in [-0.2, 0) is 10.0 Å². The molecule has 0 aliphatic heterocycles. The fraction of sp³-hybridized carbons (Fsp3) is 0.500. The molecule has 0 radical (unpaired) electrons. The van der Waals surface area contributed by atoms with E-state index < -0.39 is 10.0 Å². The van der Waals surface area contributed by atoms with Gasteiger partial charge < -0.3 is 5.73 Å². The highest BCUT2D eigenvalue weighted by atomic mass is 79.9. The molecule has 0 saturated carbocycles. The molecule has 0 heterocycles. The van der Waals surface area contributed by atoms with Crippen LogP contribution in [0.15, 0.2) is 27.6 Å². The zero-order valence-electron chi connectivity index (χ0n) is 10.8. The minimum atomic E-state index is -3.49. The van der Waals surface area contributed by atoms with E-state index in [1.54, 1.807) is 6.07 Å². The lowest BCUT2D eigenvalue weighted by molar-refractivity contribution is 0.437. The third-order valence-electron chi connectivity index (χ3n) is 2.83. The fourth-order valence-electron chi connectivity index (χ4n) is 1.63. The molecule has 0 saturated heterocycles. The van der Waals surface area contributed by atoms with E-state index in [2.05, 4.69) is 20.7 Å². The Kier molecular flexibility index (Phi) is 5.19. The van der Waals surface area contributed by atoms with Crippen LogP contribution in [0.4, 0.5) is 5.69 Å². The molecule has 1 rings (SSSR count). The van der Waals surface area contributed by atoms with Gasteiger partial charge in [0.15, 0.2) is 0 Å². The molecule has 4 nitrogen and oxygen atoms in total. The average Bonchev–Trinajstić information content (AvgIpc) is 2.29. The summed E-state index contributed by atoms with van der Waals surface area (Å²) in [5.74, 6) is 0.252. The third-order valence-corrected chi connectivity index (χ3v) is 5.01. The largest absolute Gasteiger partial charge is 0.398 e. The van der Waals surface area contributed by atoms with Crippen molar-refractivity contribution >= 4 is 31.6 Å². The standard InChI is InChI=1S/C12H19BrN2O2S/c1-4-12(8(2)3)15-18(16,17)9-5-6-11(14)10(13)7-9/h5-8,12,15H,4,14H2,1-3H3.